The van der Waals surface area contributed by atoms with Gasteiger partial charge in [-0.3, -0.25) is 4.79 Å². The molecule has 0 N–H and O–H groups in total. The summed E-state index contributed by atoms with van der Waals surface area (Å²) in [5, 5.41) is 0. The number of benzene rings is 1. The van der Waals surface area contributed by atoms with E-state index in [1.807, 2.05) is 6.07 Å². The SMILES string of the molecule is CCC(=O)Oc1cccc(CC=O)c1. The number of ether oxygens (including phenoxy) is 1. The van der Waals surface area contributed by atoms with Crippen molar-refractivity contribution in [2.45, 2.75) is 19.8 Å². The van der Waals surface area contributed by atoms with Crippen molar-refractivity contribution in [1.82, 2.24) is 0 Å². The Morgan fingerprint density at radius 2 is 2.29 bits per heavy atom. The maximum Gasteiger partial charge on any atom is 0.310 e. The van der Waals surface area contributed by atoms with Gasteiger partial charge >= 0.3 is 5.97 Å². The number of esters is 1. The Morgan fingerprint density at radius 3 is 2.93 bits per heavy atom. The Bertz CT molecular complexity index is 331. The monoisotopic (exact) mass is 192 g/mol. The molecule has 0 aliphatic carbocycles. The van der Waals surface area contributed by atoms with Gasteiger partial charge in [-0.05, 0) is 17.7 Å². The van der Waals surface area contributed by atoms with Gasteiger partial charge in [0.1, 0.15) is 12.0 Å². The molecule has 3 nitrogen and oxygen atoms in total. The van der Waals surface area contributed by atoms with Crippen molar-refractivity contribution >= 4 is 12.3 Å². The maximum atomic E-state index is 11.0. The third-order valence-electron chi connectivity index (χ3n) is 1.74. The first kappa shape index (κ1) is 10.4. The zero-order chi connectivity index (χ0) is 10.4. The van der Waals surface area contributed by atoms with Crippen LogP contribution in [0.2, 0.25) is 0 Å². The molecule has 3 heteroatoms. The first-order valence-electron chi connectivity index (χ1n) is 4.49. The van der Waals surface area contributed by atoms with Crippen molar-refractivity contribution in [2.24, 2.45) is 0 Å². The first-order valence-corrected chi connectivity index (χ1v) is 4.49. The lowest BCUT2D eigenvalue weighted by Crippen LogP contribution is -2.05. The van der Waals surface area contributed by atoms with E-state index in [1.54, 1.807) is 25.1 Å². The zero-order valence-corrected chi connectivity index (χ0v) is 8.03. The summed E-state index contributed by atoms with van der Waals surface area (Å²) in [5.74, 6) is 0.226. The van der Waals surface area contributed by atoms with E-state index in [0.717, 1.165) is 11.8 Å². The maximum absolute atomic E-state index is 11.0. The molecule has 0 fully saturated rings. The highest BCUT2D eigenvalue weighted by atomic mass is 16.5. The molecule has 0 aromatic heterocycles. The van der Waals surface area contributed by atoms with Crippen molar-refractivity contribution in [1.29, 1.82) is 0 Å². The Hall–Kier alpha value is -1.64. The molecule has 0 aliphatic heterocycles. The normalized spacial score (nSPS) is 9.50. The fraction of sp³-hybridized carbons (Fsp3) is 0.273. The number of carbonyl (C=O) groups excluding carboxylic acids is 2. The molecule has 0 spiro atoms. The van der Waals surface area contributed by atoms with Crippen LogP contribution in [-0.4, -0.2) is 12.3 Å². The summed E-state index contributed by atoms with van der Waals surface area (Å²) in [6.07, 6.45) is 1.51. The highest BCUT2D eigenvalue weighted by molar-refractivity contribution is 5.72. The molecule has 0 saturated heterocycles. The smallest absolute Gasteiger partial charge is 0.310 e. The fourth-order valence-electron chi connectivity index (χ4n) is 1.04. The summed E-state index contributed by atoms with van der Waals surface area (Å²) >= 11 is 0. The van der Waals surface area contributed by atoms with Crippen molar-refractivity contribution in [3.63, 3.8) is 0 Å². The minimum Gasteiger partial charge on any atom is -0.427 e. The first-order chi connectivity index (χ1) is 6.76. The standard InChI is InChI=1S/C11H12O3/c1-2-11(13)14-10-5-3-4-9(8-10)6-7-12/h3-5,7-8H,2,6H2,1H3. The fourth-order valence-corrected chi connectivity index (χ4v) is 1.04. The van der Waals surface area contributed by atoms with E-state index in [2.05, 4.69) is 0 Å². The van der Waals surface area contributed by atoms with Gasteiger partial charge in [0.15, 0.2) is 0 Å². The van der Waals surface area contributed by atoms with Gasteiger partial charge in [0.05, 0.1) is 0 Å². The van der Waals surface area contributed by atoms with E-state index >= 15 is 0 Å². The molecule has 0 saturated carbocycles. The van der Waals surface area contributed by atoms with Crippen molar-refractivity contribution < 1.29 is 14.3 Å². The second-order valence-corrected chi connectivity index (χ2v) is 2.85. The van der Waals surface area contributed by atoms with Crippen LogP contribution in [0.1, 0.15) is 18.9 Å². The molecule has 1 aromatic rings. The van der Waals surface area contributed by atoms with Crippen LogP contribution in [0.15, 0.2) is 24.3 Å². The number of carbonyl (C=O) groups is 2. The van der Waals surface area contributed by atoms with E-state index in [9.17, 15) is 9.59 Å². The molecule has 1 rings (SSSR count). The predicted octanol–water partition coefficient (Wildman–Crippen LogP) is 1.74. The largest absolute Gasteiger partial charge is 0.427 e. The lowest BCUT2D eigenvalue weighted by Gasteiger charge is -2.03. The Kier molecular flexibility index (Phi) is 3.85. The lowest BCUT2D eigenvalue weighted by atomic mass is 10.1. The summed E-state index contributed by atoms with van der Waals surface area (Å²) in [6, 6.07) is 6.97. The van der Waals surface area contributed by atoms with Crippen LogP contribution in [0.4, 0.5) is 0 Å². The molecule has 0 aliphatic rings. The molecule has 0 amide bonds. The van der Waals surface area contributed by atoms with Crippen LogP contribution in [0.5, 0.6) is 5.75 Å². The molecule has 1 aromatic carbocycles. The van der Waals surface area contributed by atoms with E-state index in [-0.39, 0.29) is 5.97 Å². The third kappa shape index (κ3) is 3.01. The second-order valence-electron chi connectivity index (χ2n) is 2.85. The van der Waals surface area contributed by atoms with Gasteiger partial charge in [0, 0.05) is 12.8 Å². The molecular weight excluding hydrogens is 180 g/mol. The average Bonchev–Trinajstić information content (AvgIpc) is 2.19. The molecule has 0 radical (unpaired) electrons. The van der Waals surface area contributed by atoms with Crippen LogP contribution < -0.4 is 4.74 Å². The third-order valence-corrected chi connectivity index (χ3v) is 1.74. The lowest BCUT2D eigenvalue weighted by molar-refractivity contribution is -0.134. The predicted molar refractivity (Wildman–Crippen MR) is 52.1 cm³/mol. The van der Waals surface area contributed by atoms with Gasteiger partial charge in [0.2, 0.25) is 0 Å². The molecule has 14 heavy (non-hydrogen) atoms. The van der Waals surface area contributed by atoms with Gasteiger partial charge in [-0.25, -0.2) is 0 Å². The minimum absolute atomic E-state index is 0.270. The Balaban J connectivity index is 2.72. The number of rotatable bonds is 4. The number of aldehydes is 1. The number of hydrogen-bond acceptors (Lipinski definition) is 3. The van der Waals surface area contributed by atoms with E-state index in [4.69, 9.17) is 4.74 Å². The summed E-state index contributed by atoms with van der Waals surface area (Å²) in [6.45, 7) is 1.73. The van der Waals surface area contributed by atoms with E-state index < -0.39 is 0 Å². The van der Waals surface area contributed by atoms with Crippen LogP contribution in [0.25, 0.3) is 0 Å². The summed E-state index contributed by atoms with van der Waals surface area (Å²) in [5.41, 5.74) is 0.849. The summed E-state index contributed by atoms with van der Waals surface area (Å²) in [4.78, 5) is 21.2. The van der Waals surface area contributed by atoms with E-state index in [1.165, 1.54) is 0 Å². The van der Waals surface area contributed by atoms with Gasteiger partial charge < -0.3 is 9.53 Å². The Labute approximate surface area is 82.7 Å². The van der Waals surface area contributed by atoms with Gasteiger partial charge in [0.25, 0.3) is 0 Å². The minimum atomic E-state index is -0.270. The van der Waals surface area contributed by atoms with Gasteiger partial charge in [-0.2, -0.15) is 0 Å². The summed E-state index contributed by atoms with van der Waals surface area (Å²) < 4.78 is 5.00. The zero-order valence-electron chi connectivity index (χ0n) is 8.03. The van der Waals surface area contributed by atoms with Crippen LogP contribution in [0.3, 0.4) is 0 Å². The van der Waals surface area contributed by atoms with Gasteiger partial charge in [-0.15, -0.1) is 0 Å². The number of hydrogen-bond donors (Lipinski definition) is 0. The highest BCUT2D eigenvalue weighted by Crippen LogP contribution is 2.13. The van der Waals surface area contributed by atoms with Crippen molar-refractivity contribution in [3.05, 3.63) is 29.8 Å². The van der Waals surface area contributed by atoms with Crippen molar-refractivity contribution in [3.8, 4) is 5.75 Å². The van der Waals surface area contributed by atoms with Crippen molar-refractivity contribution in [2.75, 3.05) is 0 Å². The van der Waals surface area contributed by atoms with Gasteiger partial charge in [-0.1, -0.05) is 19.1 Å². The quantitative estimate of drug-likeness (QED) is 0.414. The highest BCUT2D eigenvalue weighted by Gasteiger charge is 2.01. The molecule has 0 unspecified atom stereocenters. The molecule has 0 heterocycles. The Morgan fingerprint density at radius 1 is 1.50 bits per heavy atom. The molecule has 0 atom stereocenters. The second kappa shape index (κ2) is 5.17. The molecule has 74 valence electrons. The average molecular weight is 192 g/mol. The summed E-state index contributed by atoms with van der Waals surface area (Å²) in [7, 11) is 0. The van der Waals surface area contributed by atoms with Crippen LogP contribution in [-0.2, 0) is 16.0 Å². The van der Waals surface area contributed by atoms with Crippen LogP contribution >= 0.6 is 0 Å². The molecular formula is C11H12O3. The topological polar surface area (TPSA) is 43.4 Å². The molecule has 0 bridgehead atoms. The van der Waals surface area contributed by atoms with E-state index in [0.29, 0.717) is 18.6 Å². The van der Waals surface area contributed by atoms with Crippen LogP contribution in [0, 0.1) is 0 Å².